The molecule has 1 unspecified atom stereocenters. The minimum absolute atomic E-state index is 0.00290. The molecule has 0 aliphatic carbocycles. The van der Waals surface area contributed by atoms with Gasteiger partial charge in [-0.2, -0.15) is 0 Å². The van der Waals surface area contributed by atoms with Crippen molar-refractivity contribution in [2.24, 2.45) is 0 Å². The molecule has 9 nitrogen and oxygen atoms in total. The summed E-state index contributed by atoms with van der Waals surface area (Å²) in [5.74, 6) is -0.138. The molecule has 1 aliphatic heterocycles. The lowest BCUT2D eigenvalue weighted by Gasteiger charge is -2.23. The molecule has 3 amide bonds. The average molecular weight is 412 g/mol. The number of likely N-dealkylation sites (N-methyl/N-ethyl adjacent to an activating group) is 1. The molecule has 160 valence electrons. The van der Waals surface area contributed by atoms with Gasteiger partial charge in [-0.15, -0.1) is 5.10 Å². The van der Waals surface area contributed by atoms with Crippen LogP contribution in [0.25, 0.3) is 5.69 Å². The number of likely N-dealkylation sites (tertiary alicyclic amines) is 1. The van der Waals surface area contributed by atoms with E-state index < -0.39 is 11.9 Å². The summed E-state index contributed by atoms with van der Waals surface area (Å²) in [7, 11) is 1.55. The third-order valence-corrected chi connectivity index (χ3v) is 5.28. The lowest BCUT2D eigenvalue weighted by Crippen LogP contribution is -2.48. The van der Waals surface area contributed by atoms with Gasteiger partial charge in [0, 0.05) is 13.6 Å². The van der Waals surface area contributed by atoms with Crippen molar-refractivity contribution < 1.29 is 14.4 Å². The molecule has 0 saturated carbocycles. The van der Waals surface area contributed by atoms with Crippen LogP contribution in [0, 0.1) is 6.92 Å². The van der Waals surface area contributed by atoms with Crippen molar-refractivity contribution in [2.45, 2.75) is 45.6 Å². The zero-order chi connectivity index (χ0) is 21.8. The Hall–Kier alpha value is -3.23. The molecule has 1 aliphatic rings. The van der Waals surface area contributed by atoms with Crippen molar-refractivity contribution >= 4 is 17.7 Å². The van der Waals surface area contributed by atoms with Gasteiger partial charge >= 0.3 is 0 Å². The fourth-order valence-electron chi connectivity index (χ4n) is 3.72. The normalized spacial score (nSPS) is 16.0. The number of nitrogens with one attached hydrogen (secondary N) is 2. The fourth-order valence-corrected chi connectivity index (χ4v) is 3.72. The highest BCUT2D eigenvalue weighted by Crippen LogP contribution is 2.23. The number of para-hydroxylation sites is 1. The third kappa shape index (κ3) is 4.34. The van der Waals surface area contributed by atoms with Crippen molar-refractivity contribution in [1.82, 2.24) is 30.3 Å². The van der Waals surface area contributed by atoms with Crippen LogP contribution in [0.2, 0.25) is 0 Å². The maximum atomic E-state index is 12.6. The Morgan fingerprint density at radius 1 is 1.23 bits per heavy atom. The Labute approximate surface area is 175 Å². The van der Waals surface area contributed by atoms with Crippen molar-refractivity contribution in [3.05, 3.63) is 41.5 Å². The average Bonchev–Trinajstić information content (AvgIpc) is 3.38. The summed E-state index contributed by atoms with van der Waals surface area (Å²) >= 11 is 0. The first-order valence-electron chi connectivity index (χ1n) is 10.2. The zero-order valence-electron chi connectivity index (χ0n) is 17.8. The summed E-state index contributed by atoms with van der Waals surface area (Å²) in [5.41, 5.74) is 1.97. The maximum Gasteiger partial charge on any atom is 0.291 e. The Balaban J connectivity index is 1.70. The molecular formula is C21H28N6O3. The van der Waals surface area contributed by atoms with E-state index in [9.17, 15) is 14.4 Å². The second kappa shape index (κ2) is 9.06. The number of hydrogen-bond acceptors (Lipinski definition) is 5. The number of aromatic nitrogens is 3. The molecule has 2 aromatic rings. The predicted molar refractivity (Wildman–Crippen MR) is 111 cm³/mol. The molecule has 1 aromatic heterocycles. The van der Waals surface area contributed by atoms with E-state index in [1.54, 1.807) is 18.7 Å². The smallest absolute Gasteiger partial charge is 0.291 e. The molecule has 1 aromatic carbocycles. The van der Waals surface area contributed by atoms with Gasteiger partial charge in [-0.25, -0.2) is 9.67 Å². The molecule has 0 radical (unpaired) electrons. The molecule has 1 fully saturated rings. The standard InChI is InChI=1S/C21H28N6O3/c1-13(2)15-8-5-6-9-16(15)27-14(3)24-19(25-27)21(30)23-12-18(28)26-11-7-10-17(26)20(29)22-4/h5-6,8-9,13,17H,7,10-12H2,1-4H3,(H,22,29)(H,23,30). The van der Waals surface area contributed by atoms with Gasteiger partial charge in [0.25, 0.3) is 5.91 Å². The molecule has 0 spiro atoms. The van der Waals surface area contributed by atoms with Gasteiger partial charge < -0.3 is 15.5 Å². The molecule has 30 heavy (non-hydrogen) atoms. The van der Waals surface area contributed by atoms with Gasteiger partial charge in [-0.05, 0) is 37.3 Å². The van der Waals surface area contributed by atoms with Crippen LogP contribution in [-0.2, 0) is 9.59 Å². The Morgan fingerprint density at radius 2 is 1.97 bits per heavy atom. The molecule has 9 heteroatoms. The molecule has 0 bridgehead atoms. The number of benzene rings is 1. The zero-order valence-corrected chi connectivity index (χ0v) is 17.8. The number of nitrogens with zero attached hydrogens (tertiary/aromatic N) is 4. The number of amides is 3. The quantitative estimate of drug-likeness (QED) is 0.740. The van der Waals surface area contributed by atoms with Crippen molar-refractivity contribution in [2.75, 3.05) is 20.1 Å². The minimum Gasteiger partial charge on any atom is -0.357 e. The SMILES string of the molecule is CNC(=O)C1CCCN1C(=O)CNC(=O)c1nc(C)n(-c2ccccc2C(C)C)n1. The van der Waals surface area contributed by atoms with E-state index >= 15 is 0 Å². The van der Waals surface area contributed by atoms with Crippen molar-refractivity contribution in [3.63, 3.8) is 0 Å². The van der Waals surface area contributed by atoms with Gasteiger partial charge in [0.1, 0.15) is 11.9 Å². The van der Waals surface area contributed by atoms with E-state index in [0.717, 1.165) is 17.7 Å². The number of carbonyl (C=O) groups is 3. The molecule has 1 atom stereocenters. The second-order valence-electron chi connectivity index (χ2n) is 7.65. The lowest BCUT2D eigenvalue weighted by atomic mass is 10.0. The lowest BCUT2D eigenvalue weighted by molar-refractivity contribution is -0.137. The molecule has 3 rings (SSSR count). The van der Waals surface area contributed by atoms with Crippen LogP contribution in [-0.4, -0.2) is 63.6 Å². The van der Waals surface area contributed by atoms with E-state index in [1.165, 1.54) is 4.90 Å². The van der Waals surface area contributed by atoms with E-state index in [2.05, 4.69) is 34.6 Å². The molecule has 2 heterocycles. The largest absolute Gasteiger partial charge is 0.357 e. The maximum absolute atomic E-state index is 12.6. The summed E-state index contributed by atoms with van der Waals surface area (Å²) in [6.07, 6.45) is 1.39. The Kier molecular flexibility index (Phi) is 6.49. The van der Waals surface area contributed by atoms with Crippen LogP contribution in [0.15, 0.2) is 24.3 Å². The highest BCUT2D eigenvalue weighted by atomic mass is 16.2. The van der Waals surface area contributed by atoms with Gasteiger partial charge in [0.05, 0.1) is 12.2 Å². The van der Waals surface area contributed by atoms with Crippen LogP contribution >= 0.6 is 0 Å². The third-order valence-electron chi connectivity index (χ3n) is 5.28. The summed E-state index contributed by atoms with van der Waals surface area (Å²) in [5, 5.41) is 9.52. The summed E-state index contributed by atoms with van der Waals surface area (Å²) in [6.45, 7) is 6.26. The van der Waals surface area contributed by atoms with Gasteiger partial charge in [-0.1, -0.05) is 32.0 Å². The predicted octanol–water partition coefficient (Wildman–Crippen LogP) is 1.17. The minimum atomic E-state index is -0.525. The van der Waals surface area contributed by atoms with Crippen LogP contribution in [0.1, 0.15) is 54.6 Å². The number of carbonyl (C=O) groups excluding carboxylic acids is 3. The first kappa shape index (κ1) is 21.5. The Bertz CT molecular complexity index is 952. The van der Waals surface area contributed by atoms with Crippen molar-refractivity contribution in [1.29, 1.82) is 0 Å². The number of aryl methyl sites for hydroxylation is 1. The van der Waals surface area contributed by atoms with Gasteiger partial charge in [0.15, 0.2) is 0 Å². The van der Waals surface area contributed by atoms with Crippen LogP contribution in [0.5, 0.6) is 0 Å². The van der Waals surface area contributed by atoms with Crippen molar-refractivity contribution in [3.8, 4) is 5.69 Å². The molecular weight excluding hydrogens is 384 g/mol. The van der Waals surface area contributed by atoms with Gasteiger partial charge in [0.2, 0.25) is 17.6 Å². The highest BCUT2D eigenvalue weighted by Gasteiger charge is 2.33. The van der Waals surface area contributed by atoms with Gasteiger partial charge in [-0.3, -0.25) is 14.4 Å². The van der Waals surface area contributed by atoms with E-state index in [1.807, 2.05) is 24.3 Å². The summed E-state index contributed by atoms with van der Waals surface area (Å²) < 4.78 is 1.65. The first-order chi connectivity index (χ1) is 14.3. The second-order valence-corrected chi connectivity index (χ2v) is 7.65. The number of rotatable bonds is 6. The summed E-state index contributed by atoms with van der Waals surface area (Å²) in [6, 6.07) is 7.37. The first-order valence-corrected chi connectivity index (χ1v) is 10.2. The van der Waals surface area contributed by atoms with Crippen LogP contribution in [0.3, 0.4) is 0 Å². The fraction of sp³-hybridized carbons (Fsp3) is 0.476. The van der Waals surface area contributed by atoms with Crippen LogP contribution < -0.4 is 10.6 Å². The topological polar surface area (TPSA) is 109 Å². The van der Waals surface area contributed by atoms with E-state index in [0.29, 0.717) is 18.8 Å². The molecule has 2 N–H and O–H groups in total. The van der Waals surface area contributed by atoms with E-state index in [-0.39, 0.29) is 30.1 Å². The monoisotopic (exact) mass is 412 g/mol. The highest BCUT2D eigenvalue weighted by molar-refractivity contribution is 5.94. The number of hydrogen-bond donors (Lipinski definition) is 2. The van der Waals surface area contributed by atoms with Crippen LogP contribution in [0.4, 0.5) is 0 Å². The Morgan fingerprint density at radius 3 is 2.67 bits per heavy atom. The van der Waals surface area contributed by atoms with E-state index in [4.69, 9.17) is 0 Å². The molecule has 1 saturated heterocycles. The summed E-state index contributed by atoms with van der Waals surface area (Å²) in [4.78, 5) is 42.8.